The highest BCUT2D eigenvalue weighted by molar-refractivity contribution is 9.10. The van der Waals surface area contributed by atoms with Gasteiger partial charge in [-0.1, -0.05) is 11.6 Å². The second-order valence-corrected chi connectivity index (χ2v) is 4.63. The quantitative estimate of drug-likeness (QED) is 0.877. The van der Waals surface area contributed by atoms with Crippen molar-refractivity contribution in [2.75, 3.05) is 5.73 Å². The molecule has 0 atom stereocenters. The van der Waals surface area contributed by atoms with Gasteiger partial charge in [-0.15, -0.1) is 0 Å². The Balaban J connectivity index is 2.47. The number of halogens is 2. The monoisotopic (exact) mass is 289 g/mol. The van der Waals surface area contributed by atoms with Gasteiger partial charge in [0.05, 0.1) is 5.02 Å². The molecule has 3 nitrogen and oxygen atoms in total. The Bertz CT molecular complexity index is 471. The molecule has 2 rings (SSSR count). The van der Waals surface area contributed by atoms with Gasteiger partial charge >= 0.3 is 0 Å². The highest BCUT2D eigenvalue weighted by atomic mass is 79.9. The summed E-state index contributed by atoms with van der Waals surface area (Å²) in [6.45, 7) is 0. The van der Waals surface area contributed by atoms with E-state index in [9.17, 15) is 0 Å². The standard InChI is InChI=1S/C8H5BrClN3S/c9-5-3-4(1-2-6(5)10)7-12-8(11)14-13-7/h1-3H,(H2,11,12,13). The molecule has 0 saturated carbocycles. The molecular formula is C8H5BrClN3S. The molecule has 14 heavy (non-hydrogen) atoms. The van der Waals surface area contributed by atoms with Gasteiger partial charge < -0.3 is 5.73 Å². The summed E-state index contributed by atoms with van der Waals surface area (Å²) in [5, 5.41) is 1.13. The summed E-state index contributed by atoms with van der Waals surface area (Å²) in [7, 11) is 0. The molecule has 0 fully saturated rings. The van der Waals surface area contributed by atoms with Gasteiger partial charge in [-0.3, -0.25) is 0 Å². The number of rotatable bonds is 1. The van der Waals surface area contributed by atoms with Gasteiger partial charge in [-0.25, -0.2) is 0 Å². The fourth-order valence-corrected chi connectivity index (χ4v) is 1.94. The molecule has 0 unspecified atom stereocenters. The zero-order chi connectivity index (χ0) is 10.1. The first-order valence-corrected chi connectivity index (χ1v) is 5.66. The number of benzene rings is 1. The lowest BCUT2D eigenvalue weighted by molar-refractivity contribution is 1.33. The van der Waals surface area contributed by atoms with Crippen LogP contribution in [0.2, 0.25) is 5.02 Å². The summed E-state index contributed by atoms with van der Waals surface area (Å²) < 4.78 is 4.92. The second-order valence-electron chi connectivity index (χ2n) is 2.59. The lowest BCUT2D eigenvalue weighted by atomic mass is 10.2. The molecule has 2 aromatic rings. The molecule has 0 radical (unpaired) electrons. The molecule has 0 bridgehead atoms. The van der Waals surface area contributed by atoms with E-state index in [4.69, 9.17) is 17.3 Å². The molecule has 0 aliphatic heterocycles. The molecule has 1 aromatic carbocycles. The van der Waals surface area contributed by atoms with Crippen LogP contribution in [-0.2, 0) is 0 Å². The molecule has 72 valence electrons. The Hall–Kier alpha value is -0.650. The van der Waals surface area contributed by atoms with Crippen LogP contribution in [-0.4, -0.2) is 9.36 Å². The maximum absolute atomic E-state index is 5.86. The van der Waals surface area contributed by atoms with Crippen molar-refractivity contribution in [2.45, 2.75) is 0 Å². The van der Waals surface area contributed by atoms with Gasteiger partial charge in [-0.2, -0.15) is 9.36 Å². The smallest absolute Gasteiger partial charge is 0.200 e. The Morgan fingerprint density at radius 3 is 2.79 bits per heavy atom. The number of anilines is 1. The number of nitrogens with two attached hydrogens (primary N) is 1. The van der Waals surface area contributed by atoms with Crippen molar-refractivity contribution in [3.8, 4) is 11.4 Å². The normalized spacial score (nSPS) is 10.4. The summed E-state index contributed by atoms with van der Waals surface area (Å²) in [6.07, 6.45) is 0. The molecule has 1 aromatic heterocycles. The topological polar surface area (TPSA) is 51.8 Å². The van der Waals surface area contributed by atoms with Crippen LogP contribution < -0.4 is 5.73 Å². The van der Waals surface area contributed by atoms with E-state index >= 15 is 0 Å². The van der Waals surface area contributed by atoms with E-state index in [2.05, 4.69) is 25.3 Å². The van der Waals surface area contributed by atoms with Crippen molar-refractivity contribution in [1.29, 1.82) is 0 Å². The molecule has 0 aliphatic rings. The number of nitrogen functional groups attached to an aromatic ring is 1. The van der Waals surface area contributed by atoms with Gasteiger partial charge in [0, 0.05) is 21.6 Å². The lowest BCUT2D eigenvalue weighted by Gasteiger charge is -1.98. The van der Waals surface area contributed by atoms with Crippen molar-refractivity contribution in [2.24, 2.45) is 0 Å². The summed E-state index contributed by atoms with van der Waals surface area (Å²) in [5.74, 6) is 0.630. The third kappa shape index (κ3) is 1.89. The largest absolute Gasteiger partial charge is 0.374 e. The number of hydrogen-bond acceptors (Lipinski definition) is 4. The minimum Gasteiger partial charge on any atom is -0.374 e. The van der Waals surface area contributed by atoms with E-state index in [1.165, 1.54) is 11.5 Å². The van der Waals surface area contributed by atoms with Crippen LogP contribution >= 0.6 is 39.1 Å². The first kappa shape index (κ1) is 9.89. The maximum Gasteiger partial charge on any atom is 0.200 e. The number of aromatic nitrogens is 2. The van der Waals surface area contributed by atoms with Crippen LogP contribution in [0.1, 0.15) is 0 Å². The molecule has 6 heteroatoms. The fraction of sp³-hybridized carbons (Fsp3) is 0. The van der Waals surface area contributed by atoms with Crippen molar-refractivity contribution in [1.82, 2.24) is 9.36 Å². The van der Waals surface area contributed by atoms with E-state index in [1.807, 2.05) is 12.1 Å². The first-order chi connectivity index (χ1) is 6.66. The third-order valence-corrected chi connectivity index (χ3v) is 3.38. The fourth-order valence-electron chi connectivity index (χ4n) is 0.988. The van der Waals surface area contributed by atoms with Gasteiger partial charge in [0.1, 0.15) is 0 Å². The predicted molar refractivity (Wildman–Crippen MR) is 62.5 cm³/mol. The SMILES string of the molecule is Nc1nc(-c2ccc(Cl)c(Br)c2)ns1. The molecule has 0 amide bonds. The van der Waals surface area contributed by atoms with Crippen molar-refractivity contribution < 1.29 is 0 Å². The Morgan fingerprint density at radius 1 is 1.43 bits per heavy atom. The second kappa shape index (κ2) is 3.84. The Labute approximate surface area is 98.2 Å². The molecule has 0 aliphatic carbocycles. The minimum atomic E-state index is 0.464. The third-order valence-electron chi connectivity index (χ3n) is 1.62. The van der Waals surface area contributed by atoms with Crippen LogP contribution in [0.25, 0.3) is 11.4 Å². The van der Waals surface area contributed by atoms with E-state index in [-0.39, 0.29) is 0 Å². The average molecular weight is 291 g/mol. The van der Waals surface area contributed by atoms with E-state index in [0.717, 1.165) is 10.0 Å². The van der Waals surface area contributed by atoms with Crippen LogP contribution in [0.5, 0.6) is 0 Å². The lowest BCUT2D eigenvalue weighted by Crippen LogP contribution is -1.84. The zero-order valence-corrected chi connectivity index (χ0v) is 10.0. The molecule has 0 saturated heterocycles. The Kier molecular flexibility index (Phi) is 2.71. The highest BCUT2D eigenvalue weighted by Gasteiger charge is 2.06. The number of hydrogen-bond donors (Lipinski definition) is 1. The molecule has 2 N–H and O–H groups in total. The summed E-state index contributed by atoms with van der Waals surface area (Å²) >= 11 is 10.4. The van der Waals surface area contributed by atoms with Crippen molar-refractivity contribution in [3.05, 3.63) is 27.7 Å². The molecule has 0 spiro atoms. The van der Waals surface area contributed by atoms with Gasteiger partial charge in [-0.05, 0) is 34.1 Å². The maximum atomic E-state index is 5.86. The van der Waals surface area contributed by atoms with Crippen molar-refractivity contribution in [3.63, 3.8) is 0 Å². The average Bonchev–Trinajstić information content (AvgIpc) is 2.57. The molecule has 1 heterocycles. The van der Waals surface area contributed by atoms with Gasteiger partial charge in [0.15, 0.2) is 11.0 Å². The van der Waals surface area contributed by atoms with E-state index in [1.54, 1.807) is 6.07 Å². The van der Waals surface area contributed by atoms with Crippen LogP contribution in [0.15, 0.2) is 22.7 Å². The number of nitrogens with zero attached hydrogens (tertiary/aromatic N) is 2. The van der Waals surface area contributed by atoms with E-state index < -0.39 is 0 Å². The molecular weight excluding hydrogens is 286 g/mol. The van der Waals surface area contributed by atoms with E-state index in [0.29, 0.717) is 16.0 Å². The van der Waals surface area contributed by atoms with Gasteiger partial charge in [0.2, 0.25) is 0 Å². The highest BCUT2D eigenvalue weighted by Crippen LogP contribution is 2.28. The first-order valence-electron chi connectivity index (χ1n) is 3.71. The summed E-state index contributed by atoms with van der Waals surface area (Å²) in [5.41, 5.74) is 6.39. The van der Waals surface area contributed by atoms with Crippen LogP contribution in [0, 0.1) is 0 Å². The van der Waals surface area contributed by atoms with Crippen molar-refractivity contribution >= 4 is 44.2 Å². The summed E-state index contributed by atoms with van der Waals surface area (Å²) in [4.78, 5) is 4.07. The van der Waals surface area contributed by atoms with Gasteiger partial charge in [0.25, 0.3) is 0 Å². The predicted octanol–water partition coefficient (Wildman–Crippen LogP) is 3.20. The Morgan fingerprint density at radius 2 is 2.21 bits per heavy atom. The van der Waals surface area contributed by atoms with Crippen LogP contribution in [0.4, 0.5) is 5.13 Å². The minimum absolute atomic E-state index is 0.464. The summed E-state index contributed by atoms with van der Waals surface area (Å²) in [6, 6.07) is 5.51. The zero-order valence-electron chi connectivity index (χ0n) is 6.87. The van der Waals surface area contributed by atoms with Crippen LogP contribution in [0.3, 0.4) is 0 Å².